The smallest absolute Gasteiger partial charge is 0.218 e. The summed E-state index contributed by atoms with van der Waals surface area (Å²) in [6.45, 7) is 3.77. The standard InChI is InChI=1S/C19H22ClFN2O2/c1-3-16(23-12(2)11-17(22)24)14-9-10-15(20)19(18(14)21)25-13-7-5-4-6-8-13/h4-10,12,16,23H,3,11H2,1-2H3,(H2,22,24)/t12-,16-/m0/s1. The molecule has 0 aromatic heterocycles. The molecule has 0 fully saturated rings. The molecule has 0 bridgehead atoms. The number of hydrogen-bond acceptors (Lipinski definition) is 3. The first-order valence-electron chi connectivity index (χ1n) is 8.17. The molecule has 1 amide bonds. The number of ether oxygens (including phenoxy) is 1. The molecular formula is C19H22ClFN2O2. The van der Waals surface area contributed by atoms with Crippen molar-refractivity contribution in [1.29, 1.82) is 0 Å². The molecule has 134 valence electrons. The minimum absolute atomic E-state index is 0.00632. The Bertz CT molecular complexity index is 725. The highest BCUT2D eigenvalue weighted by Gasteiger charge is 2.22. The maximum atomic E-state index is 15.0. The van der Waals surface area contributed by atoms with E-state index in [-0.39, 0.29) is 29.3 Å². The number of carbonyl (C=O) groups is 1. The van der Waals surface area contributed by atoms with Gasteiger partial charge in [-0.1, -0.05) is 42.8 Å². The van der Waals surface area contributed by atoms with E-state index in [0.717, 1.165) is 0 Å². The number of halogens is 2. The number of primary amides is 1. The van der Waals surface area contributed by atoms with Crippen LogP contribution in [-0.4, -0.2) is 11.9 Å². The number of nitrogens with two attached hydrogens (primary N) is 1. The maximum Gasteiger partial charge on any atom is 0.218 e. The molecule has 0 spiro atoms. The summed E-state index contributed by atoms with van der Waals surface area (Å²) in [5.74, 6) is -0.418. The van der Waals surface area contributed by atoms with E-state index in [4.69, 9.17) is 22.1 Å². The molecule has 0 unspecified atom stereocenters. The highest BCUT2D eigenvalue weighted by Crippen LogP contribution is 2.36. The van der Waals surface area contributed by atoms with Gasteiger partial charge in [-0.3, -0.25) is 4.79 Å². The molecule has 0 heterocycles. The van der Waals surface area contributed by atoms with Crippen LogP contribution in [0.2, 0.25) is 5.02 Å². The lowest BCUT2D eigenvalue weighted by Gasteiger charge is -2.23. The van der Waals surface area contributed by atoms with Gasteiger partial charge in [-0.2, -0.15) is 0 Å². The number of carbonyl (C=O) groups excluding carboxylic acids is 1. The van der Waals surface area contributed by atoms with Crippen LogP contribution in [-0.2, 0) is 4.79 Å². The number of para-hydroxylation sites is 1. The minimum atomic E-state index is -0.512. The van der Waals surface area contributed by atoms with Crippen LogP contribution in [0, 0.1) is 5.82 Å². The monoisotopic (exact) mass is 364 g/mol. The van der Waals surface area contributed by atoms with Gasteiger partial charge >= 0.3 is 0 Å². The molecule has 0 radical (unpaired) electrons. The SMILES string of the molecule is CC[C@H](N[C@@H](C)CC(N)=O)c1ccc(Cl)c(Oc2ccccc2)c1F. The molecule has 2 aromatic carbocycles. The van der Waals surface area contributed by atoms with Crippen molar-refractivity contribution < 1.29 is 13.9 Å². The number of amides is 1. The van der Waals surface area contributed by atoms with Crippen molar-refractivity contribution in [2.45, 2.75) is 38.8 Å². The van der Waals surface area contributed by atoms with E-state index >= 15 is 4.39 Å². The number of nitrogens with one attached hydrogen (secondary N) is 1. The van der Waals surface area contributed by atoms with E-state index in [1.165, 1.54) is 0 Å². The van der Waals surface area contributed by atoms with Crippen molar-refractivity contribution in [3.05, 3.63) is 58.9 Å². The highest BCUT2D eigenvalue weighted by atomic mass is 35.5. The van der Waals surface area contributed by atoms with Crippen LogP contribution in [0.25, 0.3) is 0 Å². The third-order valence-corrected chi connectivity index (χ3v) is 4.12. The highest BCUT2D eigenvalue weighted by molar-refractivity contribution is 6.32. The number of benzene rings is 2. The van der Waals surface area contributed by atoms with Crippen LogP contribution in [0.4, 0.5) is 4.39 Å². The summed E-state index contributed by atoms with van der Waals surface area (Å²) >= 11 is 6.13. The largest absolute Gasteiger partial charge is 0.453 e. The molecule has 4 nitrogen and oxygen atoms in total. The number of rotatable bonds is 8. The fraction of sp³-hybridized carbons (Fsp3) is 0.316. The molecular weight excluding hydrogens is 343 g/mol. The molecule has 25 heavy (non-hydrogen) atoms. The van der Waals surface area contributed by atoms with Gasteiger partial charge in [-0.05, 0) is 31.5 Å². The predicted octanol–water partition coefficient (Wildman–Crippen LogP) is 4.58. The van der Waals surface area contributed by atoms with Crippen LogP contribution >= 0.6 is 11.6 Å². The first-order chi connectivity index (χ1) is 11.9. The normalized spacial score (nSPS) is 13.3. The van der Waals surface area contributed by atoms with E-state index in [0.29, 0.717) is 17.7 Å². The van der Waals surface area contributed by atoms with Gasteiger partial charge in [-0.25, -0.2) is 4.39 Å². The van der Waals surface area contributed by atoms with E-state index < -0.39 is 11.7 Å². The molecule has 0 saturated carbocycles. The Morgan fingerprint density at radius 3 is 2.56 bits per heavy atom. The third-order valence-electron chi connectivity index (χ3n) is 3.82. The van der Waals surface area contributed by atoms with Gasteiger partial charge in [0.05, 0.1) is 5.02 Å². The second-order valence-electron chi connectivity index (χ2n) is 5.89. The van der Waals surface area contributed by atoms with Gasteiger partial charge in [0.2, 0.25) is 5.91 Å². The summed E-state index contributed by atoms with van der Waals surface area (Å²) in [5.41, 5.74) is 5.66. The summed E-state index contributed by atoms with van der Waals surface area (Å²) in [6.07, 6.45) is 0.811. The van der Waals surface area contributed by atoms with Gasteiger partial charge in [0.15, 0.2) is 11.6 Å². The minimum Gasteiger partial charge on any atom is -0.453 e. The number of hydrogen-bond donors (Lipinski definition) is 2. The molecule has 2 atom stereocenters. The second kappa shape index (κ2) is 8.83. The summed E-state index contributed by atoms with van der Waals surface area (Å²) in [7, 11) is 0. The average molecular weight is 365 g/mol. The van der Waals surface area contributed by atoms with Crippen LogP contribution in [0.15, 0.2) is 42.5 Å². The van der Waals surface area contributed by atoms with Crippen molar-refractivity contribution in [2.24, 2.45) is 5.73 Å². The Morgan fingerprint density at radius 1 is 1.28 bits per heavy atom. The molecule has 3 N–H and O–H groups in total. The Hall–Kier alpha value is -2.11. The predicted molar refractivity (Wildman–Crippen MR) is 97.4 cm³/mol. The maximum absolute atomic E-state index is 15.0. The zero-order chi connectivity index (χ0) is 18.4. The van der Waals surface area contributed by atoms with Gasteiger partial charge in [-0.15, -0.1) is 0 Å². The van der Waals surface area contributed by atoms with Crippen LogP contribution < -0.4 is 15.8 Å². The first-order valence-corrected chi connectivity index (χ1v) is 8.55. The van der Waals surface area contributed by atoms with Crippen LogP contribution in [0.3, 0.4) is 0 Å². The van der Waals surface area contributed by atoms with Crippen LogP contribution in [0.1, 0.15) is 38.3 Å². The van der Waals surface area contributed by atoms with Crippen LogP contribution in [0.5, 0.6) is 11.5 Å². The Labute approximate surface area is 152 Å². The lowest BCUT2D eigenvalue weighted by atomic mass is 10.0. The summed E-state index contributed by atoms with van der Waals surface area (Å²) in [5, 5.41) is 3.43. The van der Waals surface area contributed by atoms with Crippen molar-refractivity contribution in [3.8, 4) is 11.5 Å². The molecule has 0 aliphatic heterocycles. The zero-order valence-electron chi connectivity index (χ0n) is 14.3. The molecule has 0 saturated heterocycles. The summed E-state index contributed by atoms with van der Waals surface area (Å²) in [6, 6.07) is 11.7. The Balaban J connectivity index is 2.28. The van der Waals surface area contributed by atoms with Crippen molar-refractivity contribution in [1.82, 2.24) is 5.32 Å². The average Bonchev–Trinajstić information content (AvgIpc) is 2.57. The second-order valence-corrected chi connectivity index (χ2v) is 6.30. The first kappa shape index (κ1) is 19.2. The lowest BCUT2D eigenvalue weighted by Crippen LogP contribution is -2.34. The van der Waals surface area contributed by atoms with E-state index in [2.05, 4.69) is 5.32 Å². The molecule has 0 aliphatic carbocycles. The third kappa shape index (κ3) is 5.18. The van der Waals surface area contributed by atoms with E-state index in [1.54, 1.807) is 36.4 Å². The molecule has 6 heteroatoms. The molecule has 0 aliphatic rings. The zero-order valence-corrected chi connectivity index (χ0v) is 15.0. The molecule has 2 rings (SSSR count). The fourth-order valence-corrected chi connectivity index (χ4v) is 2.83. The van der Waals surface area contributed by atoms with Gasteiger partial charge in [0.1, 0.15) is 5.75 Å². The Kier molecular flexibility index (Phi) is 6.79. The van der Waals surface area contributed by atoms with Crippen molar-refractivity contribution >= 4 is 17.5 Å². The molecule has 2 aromatic rings. The Morgan fingerprint density at radius 2 is 1.96 bits per heavy atom. The van der Waals surface area contributed by atoms with Gasteiger partial charge < -0.3 is 15.8 Å². The summed E-state index contributed by atoms with van der Waals surface area (Å²) in [4.78, 5) is 11.1. The summed E-state index contributed by atoms with van der Waals surface area (Å²) < 4.78 is 20.7. The fourth-order valence-electron chi connectivity index (χ4n) is 2.65. The van der Waals surface area contributed by atoms with Gasteiger partial charge in [0.25, 0.3) is 0 Å². The van der Waals surface area contributed by atoms with E-state index in [1.807, 2.05) is 19.9 Å². The van der Waals surface area contributed by atoms with E-state index in [9.17, 15) is 4.79 Å². The van der Waals surface area contributed by atoms with Crippen molar-refractivity contribution in [3.63, 3.8) is 0 Å². The quantitative estimate of drug-likeness (QED) is 0.720. The lowest BCUT2D eigenvalue weighted by molar-refractivity contribution is -0.118. The topological polar surface area (TPSA) is 64.3 Å². The van der Waals surface area contributed by atoms with Gasteiger partial charge in [0, 0.05) is 24.1 Å². The van der Waals surface area contributed by atoms with Crippen molar-refractivity contribution in [2.75, 3.05) is 0 Å².